The van der Waals surface area contributed by atoms with Crippen LogP contribution in [0.4, 0.5) is 5.00 Å². The highest BCUT2D eigenvalue weighted by Crippen LogP contribution is 2.25. The van der Waals surface area contributed by atoms with Crippen LogP contribution in [0, 0.1) is 17.2 Å². The molecule has 0 aliphatic carbocycles. The minimum absolute atomic E-state index is 0.117. The number of sulfonamides is 1. The van der Waals surface area contributed by atoms with Crippen molar-refractivity contribution in [2.24, 2.45) is 5.92 Å². The van der Waals surface area contributed by atoms with Crippen LogP contribution in [0.5, 0.6) is 0 Å². The van der Waals surface area contributed by atoms with E-state index in [0.29, 0.717) is 29.6 Å². The summed E-state index contributed by atoms with van der Waals surface area (Å²) in [5.74, 6) is -0.110. The van der Waals surface area contributed by atoms with Crippen LogP contribution >= 0.6 is 11.3 Å². The van der Waals surface area contributed by atoms with Gasteiger partial charge in [0.25, 0.3) is 5.91 Å². The van der Waals surface area contributed by atoms with Gasteiger partial charge in [-0.3, -0.25) is 4.79 Å². The van der Waals surface area contributed by atoms with Gasteiger partial charge >= 0.3 is 0 Å². The second kappa shape index (κ2) is 7.58. The molecule has 0 unspecified atom stereocenters. The highest BCUT2D eigenvalue weighted by molar-refractivity contribution is 7.89. The predicted octanol–water partition coefficient (Wildman–Crippen LogP) is 3.29. The summed E-state index contributed by atoms with van der Waals surface area (Å²) in [6, 6.07) is 9.66. The van der Waals surface area contributed by atoms with Crippen molar-refractivity contribution < 1.29 is 13.2 Å². The Bertz CT molecular complexity index is 960. The van der Waals surface area contributed by atoms with Gasteiger partial charge in [-0.2, -0.15) is 9.57 Å². The van der Waals surface area contributed by atoms with Crippen LogP contribution < -0.4 is 5.32 Å². The van der Waals surface area contributed by atoms with Crippen molar-refractivity contribution in [3.05, 3.63) is 46.8 Å². The van der Waals surface area contributed by atoms with E-state index < -0.39 is 15.9 Å². The summed E-state index contributed by atoms with van der Waals surface area (Å²) in [7, 11) is -3.62. The smallest absolute Gasteiger partial charge is 0.256 e. The Morgan fingerprint density at radius 1 is 1.38 bits per heavy atom. The number of thiophene rings is 1. The van der Waals surface area contributed by atoms with Crippen LogP contribution in [0.1, 0.15) is 35.7 Å². The molecular weight excluding hydrogens is 370 g/mol. The number of hydrogen-bond acceptors (Lipinski definition) is 5. The molecule has 0 spiro atoms. The largest absolute Gasteiger partial charge is 0.312 e. The topological polar surface area (TPSA) is 90.3 Å². The van der Waals surface area contributed by atoms with Crippen molar-refractivity contribution in [2.75, 3.05) is 18.4 Å². The number of benzene rings is 1. The maximum Gasteiger partial charge on any atom is 0.256 e. The van der Waals surface area contributed by atoms with Gasteiger partial charge in [-0.05, 0) is 48.4 Å². The van der Waals surface area contributed by atoms with Crippen LogP contribution in [0.25, 0.3) is 0 Å². The Hall–Kier alpha value is -2.21. The van der Waals surface area contributed by atoms with E-state index in [1.807, 2.05) is 13.0 Å². The number of nitrogens with zero attached hydrogens (tertiary/aromatic N) is 2. The molecule has 136 valence electrons. The Morgan fingerprint density at radius 3 is 2.92 bits per heavy atom. The van der Waals surface area contributed by atoms with Crippen molar-refractivity contribution in [3.63, 3.8) is 0 Å². The van der Waals surface area contributed by atoms with Gasteiger partial charge in [-0.25, -0.2) is 8.42 Å². The fraction of sp³-hybridized carbons (Fsp3) is 0.333. The molecule has 2 heterocycles. The summed E-state index contributed by atoms with van der Waals surface area (Å²) in [6.07, 6.45) is 1.87. The molecule has 2 aromatic rings. The summed E-state index contributed by atoms with van der Waals surface area (Å²) >= 11 is 1.25. The average molecular weight is 390 g/mol. The number of amides is 1. The first-order valence-electron chi connectivity index (χ1n) is 8.31. The van der Waals surface area contributed by atoms with Crippen molar-refractivity contribution in [2.45, 2.75) is 24.7 Å². The van der Waals surface area contributed by atoms with Gasteiger partial charge in [0.1, 0.15) is 11.1 Å². The zero-order valence-corrected chi connectivity index (χ0v) is 15.9. The quantitative estimate of drug-likeness (QED) is 0.869. The first kappa shape index (κ1) is 18.6. The van der Waals surface area contributed by atoms with E-state index in [4.69, 9.17) is 5.26 Å². The van der Waals surface area contributed by atoms with Crippen LogP contribution in [0.15, 0.2) is 40.6 Å². The third-order valence-corrected chi connectivity index (χ3v) is 7.06. The molecular formula is C18H19N3O3S2. The molecule has 0 radical (unpaired) electrons. The SMILES string of the molecule is C[C@H]1CCCN(S(=O)(=O)c2cccc(C(=O)Nc3sccc3C#N)c2)C1. The van der Waals surface area contributed by atoms with Gasteiger partial charge in [0.2, 0.25) is 10.0 Å². The van der Waals surface area contributed by atoms with Gasteiger partial charge < -0.3 is 5.32 Å². The summed E-state index contributed by atoms with van der Waals surface area (Å²) in [5.41, 5.74) is 0.628. The minimum Gasteiger partial charge on any atom is -0.312 e. The maximum atomic E-state index is 12.9. The molecule has 0 saturated carbocycles. The first-order chi connectivity index (χ1) is 12.4. The van der Waals surface area contributed by atoms with Crippen LogP contribution in [0.3, 0.4) is 0 Å². The number of carbonyl (C=O) groups excluding carboxylic acids is 1. The molecule has 1 fully saturated rings. The Kier molecular flexibility index (Phi) is 5.41. The fourth-order valence-corrected chi connectivity index (χ4v) is 5.36. The van der Waals surface area contributed by atoms with E-state index in [-0.39, 0.29) is 10.5 Å². The molecule has 26 heavy (non-hydrogen) atoms. The number of hydrogen-bond donors (Lipinski definition) is 1. The van der Waals surface area contributed by atoms with E-state index in [1.165, 1.54) is 27.8 Å². The van der Waals surface area contributed by atoms with Crippen molar-refractivity contribution in [1.29, 1.82) is 5.26 Å². The molecule has 1 amide bonds. The number of carbonyl (C=O) groups is 1. The Labute approximate surface area is 157 Å². The van der Waals surface area contributed by atoms with Crippen LogP contribution in [-0.4, -0.2) is 31.7 Å². The molecule has 1 aromatic heterocycles. The third kappa shape index (κ3) is 3.80. The number of rotatable bonds is 4. The summed E-state index contributed by atoms with van der Waals surface area (Å²) in [5, 5.41) is 13.9. The first-order valence-corrected chi connectivity index (χ1v) is 10.6. The van der Waals surface area contributed by atoms with Gasteiger partial charge in [0.15, 0.2) is 0 Å². The van der Waals surface area contributed by atoms with Gasteiger partial charge in [-0.15, -0.1) is 11.3 Å². The molecule has 3 rings (SSSR count). The maximum absolute atomic E-state index is 12.9. The highest BCUT2D eigenvalue weighted by Gasteiger charge is 2.29. The fourth-order valence-electron chi connectivity index (χ4n) is 2.98. The summed E-state index contributed by atoms with van der Waals surface area (Å²) in [4.78, 5) is 12.6. The van der Waals surface area contributed by atoms with Crippen molar-refractivity contribution in [1.82, 2.24) is 4.31 Å². The van der Waals surface area contributed by atoms with E-state index in [0.717, 1.165) is 12.8 Å². The lowest BCUT2D eigenvalue weighted by molar-refractivity contribution is 0.102. The zero-order valence-electron chi connectivity index (χ0n) is 14.3. The molecule has 8 heteroatoms. The van der Waals surface area contributed by atoms with Gasteiger partial charge in [-0.1, -0.05) is 13.0 Å². The van der Waals surface area contributed by atoms with Crippen LogP contribution in [-0.2, 0) is 10.0 Å². The van der Waals surface area contributed by atoms with Crippen molar-refractivity contribution >= 4 is 32.3 Å². The normalized spacial score (nSPS) is 18.2. The second-order valence-electron chi connectivity index (χ2n) is 6.37. The molecule has 0 bridgehead atoms. The third-order valence-electron chi connectivity index (χ3n) is 4.37. The minimum atomic E-state index is -3.62. The molecule has 6 nitrogen and oxygen atoms in total. The number of piperidine rings is 1. The molecule has 1 saturated heterocycles. The van der Waals surface area contributed by atoms with Crippen molar-refractivity contribution in [3.8, 4) is 6.07 Å². The summed E-state index contributed by atoms with van der Waals surface area (Å²) in [6.45, 7) is 3.04. The molecule has 1 aliphatic heterocycles. The monoisotopic (exact) mass is 389 g/mol. The lowest BCUT2D eigenvalue weighted by Crippen LogP contribution is -2.39. The van der Waals surface area contributed by atoms with Gasteiger partial charge in [0.05, 0.1) is 10.5 Å². The predicted molar refractivity (Wildman–Crippen MR) is 101 cm³/mol. The lowest BCUT2D eigenvalue weighted by Gasteiger charge is -2.30. The molecule has 1 aromatic carbocycles. The zero-order chi connectivity index (χ0) is 18.7. The molecule has 1 N–H and O–H groups in total. The average Bonchev–Trinajstić information content (AvgIpc) is 3.09. The van der Waals surface area contributed by atoms with E-state index in [2.05, 4.69) is 5.32 Å². The highest BCUT2D eigenvalue weighted by atomic mass is 32.2. The second-order valence-corrected chi connectivity index (χ2v) is 9.22. The molecule has 1 atom stereocenters. The Balaban J connectivity index is 1.84. The summed E-state index contributed by atoms with van der Waals surface area (Å²) < 4.78 is 27.2. The number of nitrogens with one attached hydrogen (secondary N) is 1. The number of nitriles is 1. The van der Waals surface area contributed by atoms with E-state index in [1.54, 1.807) is 23.6 Å². The van der Waals surface area contributed by atoms with E-state index >= 15 is 0 Å². The van der Waals surface area contributed by atoms with E-state index in [9.17, 15) is 13.2 Å². The molecule has 1 aliphatic rings. The Morgan fingerprint density at radius 2 is 2.19 bits per heavy atom. The van der Waals surface area contributed by atoms with Crippen LogP contribution in [0.2, 0.25) is 0 Å². The standard InChI is InChI=1S/C18H19N3O3S2/c1-13-4-3-8-21(12-13)26(23,24)16-6-2-5-14(10-16)17(22)20-18-15(11-19)7-9-25-18/h2,5-7,9-10,13H,3-4,8,12H2,1H3,(H,20,22)/t13-/m0/s1. The number of anilines is 1. The van der Waals surface area contributed by atoms with Gasteiger partial charge in [0, 0.05) is 18.7 Å². The lowest BCUT2D eigenvalue weighted by atomic mass is 10.0.